The Labute approximate surface area is 212 Å². The van der Waals surface area contributed by atoms with Gasteiger partial charge in [0.1, 0.15) is 18.1 Å². The number of aliphatic hydroxyl groups is 1. The van der Waals surface area contributed by atoms with E-state index in [1.54, 1.807) is 19.9 Å². The molecule has 0 saturated carbocycles. The second kappa shape index (κ2) is 11.5. The van der Waals surface area contributed by atoms with Gasteiger partial charge in [0.15, 0.2) is 0 Å². The van der Waals surface area contributed by atoms with Gasteiger partial charge >= 0.3 is 10.2 Å². The number of aliphatic hydroxyl groups excluding tert-OH is 1. The van der Waals surface area contributed by atoms with Crippen LogP contribution in [-0.4, -0.2) is 60.7 Å². The fraction of sp³-hybridized carbons (Fsp3) is 0.462. The van der Waals surface area contributed by atoms with Crippen molar-refractivity contribution in [1.29, 1.82) is 0 Å². The largest absolute Gasteiger partial charge is 0.506 e. The van der Waals surface area contributed by atoms with Gasteiger partial charge in [0, 0.05) is 48.8 Å². The highest BCUT2D eigenvalue weighted by Gasteiger charge is 2.21. The van der Waals surface area contributed by atoms with E-state index < -0.39 is 16.3 Å². The van der Waals surface area contributed by atoms with Crippen molar-refractivity contribution in [3.05, 3.63) is 53.2 Å². The molecule has 1 aliphatic carbocycles. The molecular formula is C26H36N4O5S. The number of nitrogens with zero attached hydrogens (tertiary/aromatic N) is 1. The minimum absolute atomic E-state index is 0.0307. The van der Waals surface area contributed by atoms with Gasteiger partial charge in [-0.25, -0.2) is 0 Å². The van der Waals surface area contributed by atoms with Crippen LogP contribution in [-0.2, 0) is 23.1 Å². The Morgan fingerprint density at radius 1 is 1.11 bits per heavy atom. The summed E-state index contributed by atoms with van der Waals surface area (Å²) in [5, 5.41) is 25.1. The fourth-order valence-electron chi connectivity index (χ4n) is 4.69. The lowest BCUT2D eigenvalue weighted by Crippen LogP contribution is -2.35. The lowest BCUT2D eigenvalue weighted by atomic mass is 9.96. The van der Waals surface area contributed by atoms with Crippen LogP contribution in [0.25, 0.3) is 10.9 Å². The van der Waals surface area contributed by atoms with Gasteiger partial charge in [0.2, 0.25) is 0 Å². The number of phenols is 1. The first-order valence-corrected chi connectivity index (χ1v) is 14.0. The maximum absolute atomic E-state index is 12.5. The summed E-state index contributed by atoms with van der Waals surface area (Å²) in [4.78, 5) is 3.53. The van der Waals surface area contributed by atoms with Crippen LogP contribution in [0.3, 0.4) is 0 Å². The quantitative estimate of drug-likeness (QED) is 0.185. The number of aryl methyl sites for hydroxylation is 2. The van der Waals surface area contributed by atoms with Crippen LogP contribution < -0.4 is 14.8 Å². The lowest BCUT2D eigenvalue weighted by Gasteiger charge is -2.21. The fourth-order valence-corrected chi connectivity index (χ4v) is 5.94. The number of H-pyrrole nitrogens is 1. The van der Waals surface area contributed by atoms with Gasteiger partial charge < -0.3 is 25.3 Å². The second-order valence-corrected chi connectivity index (χ2v) is 10.7. The number of aromatic nitrogens is 1. The number of anilines is 1. The third kappa shape index (κ3) is 5.95. The number of benzene rings is 2. The van der Waals surface area contributed by atoms with Crippen molar-refractivity contribution in [1.82, 2.24) is 14.6 Å². The Morgan fingerprint density at radius 3 is 2.67 bits per heavy atom. The van der Waals surface area contributed by atoms with Crippen molar-refractivity contribution in [3.63, 3.8) is 0 Å². The average molecular weight is 517 g/mol. The van der Waals surface area contributed by atoms with E-state index in [2.05, 4.69) is 21.1 Å². The van der Waals surface area contributed by atoms with Crippen LogP contribution in [0, 0.1) is 0 Å². The number of hydrogen-bond donors (Lipinski definition) is 5. The smallest absolute Gasteiger partial charge is 0.301 e. The molecule has 1 atom stereocenters. The van der Waals surface area contributed by atoms with Gasteiger partial charge in [-0.2, -0.15) is 12.7 Å². The molecule has 3 aromatic rings. The monoisotopic (exact) mass is 516 g/mol. The third-order valence-electron chi connectivity index (χ3n) is 6.64. The highest BCUT2D eigenvalue weighted by molar-refractivity contribution is 7.90. The topological polar surface area (TPSA) is 127 Å². The molecule has 1 aromatic heterocycles. The van der Waals surface area contributed by atoms with Crippen molar-refractivity contribution < 1.29 is 23.4 Å². The Hall–Kier alpha value is -2.79. The molecule has 0 amide bonds. The van der Waals surface area contributed by atoms with E-state index in [4.69, 9.17) is 4.74 Å². The van der Waals surface area contributed by atoms with E-state index in [0.29, 0.717) is 31.8 Å². The summed E-state index contributed by atoms with van der Waals surface area (Å²) >= 11 is 0. The maximum atomic E-state index is 12.5. The van der Waals surface area contributed by atoms with Gasteiger partial charge in [-0.3, -0.25) is 4.72 Å². The number of nitrogens with one attached hydrogen (secondary N) is 3. The molecule has 1 heterocycles. The maximum Gasteiger partial charge on any atom is 0.301 e. The van der Waals surface area contributed by atoms with Crippen LogP contribution in [0.2, 0.25) is 0 Å². The molecule has 0 saturated heterocycles. The summed E-state index contributed by atoms with van der Waals surface area (Å²) in [7, 11) is -3.80. The summed E-state index contributed by atoms with van der Waals surface area (Å²) in [6.45, 7) is 5.30. The Morgan fingerprint density at radius 2 is 1.89 bits per heavy atom. The second-order valence-electron chi connectivity index (χ2n) is 9.03. The van der Waals surface area contributed by atoms with Crippen LogP contribution in [0.1, 0.15) is 49.6 Å². The van der Waals surface area contributed by atoms with Crippen LogP contribution in [0.5, 0.6) is 11.5 Å². The first-order valence-electron chi connectivity index (χ1n) is 12.6. The molecule has 5 N–H and O–H groups in total. The zero-order valence-corrected chi connectivity index (χ0v) is 21.7. The normalized spacial score (nSPS) is 14.7. The number of aromatic amines is 1. The van der Waals surface area contributed by atoms with Crippen molar-refractivity contribution in [2.45, 2.75) is 45.6 Å². The standard InChI is InChI=1S/C26H36N4O5S/c1-3-30(4-2)36(33,34)29-24-15-18(9-12-25(24)31)26(32)17-27-13-14-35-19-10-11-21-20-7-5-6-8-22(20)28-23(21)16-19/h9-12,15-16,26-29,31-32H,3-8,13-14,17H2,1-2H3. The van der Waals surface area contributed by atoms with Crippen molar-refractivity contribution >= 4 is 26.8 Å². The third-order valence-corrected chi connectivity index (χ3v) is 8.32. The van der Waals surface area contributed by atoms with Gasteiger partial charge in [0.05, 0.1) is 11.8 Å². The number of fused-ring (bicyclic) bond motifs is 3. The first kappa shape index (κ1) is 26.3. The minimum Gasteiger partial charge on any atom is -0.506 e. The van der Waals surface area contributed by atoms with Gasteiger partial charge in [0.25, 0.3) is 0 Å². The van der Waals surface area contributed by atoms with Crippen molar-refractivity contribution in [2.24, 2.45) is 0 Å². The van der Waals surface area contributed by atoms with Crippen LogP contribution >= 0.6 is 0 Å². The highest BCUT2D eigenvalue weighted by atomic mass is 32.2. The molecule has 1 unspecified atom stereocenters. The zero-order chi connectivity index (χ0) is 25.7. The molecule has 1 aliphatic rings. The molecular weight excluding hydrogens is 480 g/mol. The van der Waals surface area contributed by atoms with E-state index >= 15 is 0 Å². The summed E-state index contributed by atoms with van der Waals surface area (Å²) in [5.41, 5.74) is 4.42. The lowest BCUT2D eigenvalue weighted by molar-refractivity contribution is 0.172. The van der Waals surface area contributed by atoms with Crippen LogP contribution in [0.15, 0.2) is 36.4 Å². The Bertz CT molecular complexity index is 1290. The van der Waals surface area contributed by atoms with Crippen LogP contribution in [0.4, 0.5) is 5.69 Å². The summed E-state index contributed by atoms with van der Waals surface area (Å²) < 4.78 is 34.5. The number of phenolic OH excluding ortho intramolecular Hbond substituents is 1. The molecule has 0 aliphatic heterocycles. The van der Waals surface area contributed by atoms with Gasteiger partial charge in [-0.15, -0.1) is 0 Å². The van der Waals surface area contributed by atoms with E-state index in [-0.39, 0.29) is 18.0 Å². The summed E-state index contributed by atoms with van der Waals surface area (Å²) in [5.74, 6) is 0.593. The number of aromatic hydroxyl groups is 1. The van der Waals surface area contributed by atoms with E-state index in [1.807, 2.05) is 12.1 Å². The molecule has 0 radical (unpaired) electrons. The molecule has 2 aromatic carbocycles. The first-order chi connectivity index (χ1) is 17.3. The predicted octanol–water partition coefficient (Wildman–Crippen LogP) is 3.45. The SMILES string of the molecule is CCN(CC)S(=O)(=O)Nc1cc(C(O)CNCCOc2ccc3c4c([nH]c3c2)CCCC4)ccc1O. The number of rotatable bonds is 12. The predicted molar refractivity (Wildman–Crippen MR) is 142 cm³/mol. The summed E-state index contributed by atoms with van der Waals surface area (Å²) in [6, 6.07) is 10.6. The molecule has 0 bridgehead atoms. The molecule has 196 valence electrons. The van der Waals surface area contributed by atoms with E-state index in [0.717, 1.165) is 24.1 Å². The average Bonchev–Trinajstić information content (AvgIpc) is 3.23. The molecule has 0 fully saturated rings. The zero-order valence-electron chi connectivity index (χ0n) is 20.9. The molecule has 4 rings (SSSR count). The number of ether oxygens (including phenoxy) is 1. The van der Waals surface area contributed by atoms with Gasteiger partial charge in [-0.05, 0) is 61.1 Å². The highest BCUT2D eigenvalue weighted by Crippen LogP contribution is 2.31. The molecule has 36 heavy (non-hydrogen) atoms. The molecule has 9 nitrogen and oxygen atoms in total. The molecule has 10 heteroatoms. The van der Waals surface area contributed by atoms with Gasteiger partial charge in [-0.1, -0.05) is 19.9 Å². The minimum atomic E-state index is -3.80. The summed E-state index contributed by atoms with van der Waals surface area (Å²) in [6.07, 6.45) is 3.83. The van der Waals surface area contributed by atoms with Crippen molar-refractivity contribution in [2.75, 3.05) is 37.5 Å². The van der Waals surface area contributed by atoms with E-state index in [1.165, 1.54) is 45.9 Å². The Kier molecular flexibility index (Phi) is 8.40. The Balaban J connectivity index is 1.28. The molecule has 0 spiro atoms. The van der Waals surface area contributed by atoms with E-state index in [9.17, 15) is 18.6 Å². The number of hydrogen-bond acceptors (Lipinski definition) is 6. The van der Waals surface area contributed by atoms with Crippen molar-refractivity contribution in [3.8, 4) is 11.5 Å².